The van der Waals surface area contributed by atoms with Gasteiger partial charge in [0.2, 0.25) is 5.91 Å². The van der Waals surface area contributed by atoms with Crippen molar-refractivity contribution in [2.24, 2.45) is 5.92 Å². The van der Waals surface area contributed by atoms with Crippen LogP contribution in [0.5, 0.6) is 0 Å². The summed E-state index contributed by atoms with van der Waals surface area (Å²) in [6.07, 6.45) is 6.31. The second-order valence-corrected chi connectivity index (χ2v) is 7.32. The molecule has 1 saturated carbocycles. The Kier molecular flexibility index (Phi) is 5.41. The predicted molar refractivity (Wildman–Crippen MR) is 89.2 cm³/mol. The SMILES string of the molecule is CN1CCN(C(=O)C2CCN(C(=O)NC3CCCC3)CC2)CC1. The van der Waals surface area contributed by atoms with Crippen molar-refractivity contribution in [1.29, 1.82) is 0 Å². The van der Waals surface area contributed by atoms with Crippen LogP contribution in [-0.2, 0) is 4.79 Å². The van der Waals surface area contributed by atoms with E-state index in [0.717, 1.165) is 51.9 Å². The maximum absolute atomic E-state index is 12.6. The fourth-order valence-corrected chi connectivity index (χ4v) is 3.95. The van der Waals surface area contributed by atoms with Crippen molar-refractivity contribution in [3.05, 3.63) is 0 Å². The largest absolute Gasteiger partial charge is 0.340 e. The van der Waals surface area contributed by atoms with Crippen LogP contribution in [0.25, 0.3) is 0 Å². The van der Waals surface area contributed by atoms with Crippen molar-refractivity contribution in [1.82, 2.24) is 20.0 Å². The van der Waals surface area contributed by atoms with E-state index in [2.05, 4.69) is 17.3 Å². The van der Waals surface area contributed by atoms with Crippen LogP contribution in [0.3, 0.4) is 0 Å². The quantitative estimate of drug-likeness (QED) is 0.829. The molecule has 1 aliphatic carbocycles. The molecule has 2 heterocycles. The summed E-state index contributed by atoms with van der Waals surface area (Å²) in [5, 5.41) is 3.15. The number of rotatable bonds is 2. The molecule has 3 aliphatic rings. The van der Waals surface area contributed by atoms with E-state index < -0.39 is 0 Å². The van der Waals surface area contributed by atoms with Crippen LogP contribution >= 0.6 is 0 Å². The molecule has 0 spiro atoms. The molecule has 0 aromatic rings. The summed E-state index contributed by atoms with van der Waals surface area (Å²) < 4.78 is 0. The average Bonchev–Trinajstić information content (AvgIpc) is 3.08. The summed E-state index contributed by atoms with van der Waals surface area (Å²) in [6, 6.07) is 0.439. The molecule has 0 bridgehead atoms. The predicted octanol–water partition coefficient (Wildman–Crippen LogP) is 1.12. The van der Waals surface area contributed by atoms with Gasteiger partial charge in [-0.05, 0) is 32.7 Å². The van der Waals surface area contributed by atoms with Crippen LogP contribution in [0.1, 0.15) is 38.5 Å². The van der Waals surface area contributed by atoms with Crippen molar-refractivity contribution in [2.75, 3.05) is 46.3 Å². The molecule has 3 rings (SSSR count). The fourth-order valence-electron chi connectivity index (χ4n) is 3.95. The van der Waals surface area contributed by atoms with Gasteiger partial charge in [-0.25, -0.2) is 4.79 Å². The van der Waals surface area contributed by atoms with Crippen LogP contribution in [0, 0.1) is 5.92 Å². The zero-order valence-electron chi connectivity index (χ0n) is 14.3. The fraction of sp³-hybridized carbons (Fsp3) is 0.882. The monoisotopic (exact) mass is 322 g/mol. The number of hydrogen-bond donors (Lipinski definition) is 1. The lowest BCUT2D eigenvalue weighted by atomic mass is 9.95. The Balaban J connectivity index is 1.42. The molecule has 3 amide bonds. The Bertz CT molecular complexity index is 420. The molecular formula is C17H30N4O2. The van der Waals surface area contributed by atoms with Crippen LogP contribution in [0.2, 0.25) is 0 Å². The molecular weight excluding hydrogens is 292 g/mol. The van der Waals surface area contributed by atoms with Gasteiger partial charge < -0.3 is 20.0 Å². The van der Waals surface area contributed by atoms with Gasteiger partial charge in [-0.3, -0.25) is 4.79 Å². The van der Waals surface area contributed by atoms with E-state index in [1.807, 2.05) is 9.80 Å². The Hall–Kier alpha value is -1.30. The summed E-state index contributed by atoms with van der Waals surface area (Å²) >= 11 is 0. The minimum Gasteiger partial charge on any atom is -0.340 e. The lowest BCUT2D eigenvalue weighted by Crippen LogP contribution is -2.52. The number of nitrogens with one attached hydrogen (secondary N) is 1. The zero-order chi connectivity index (χ0) is 16.2. The number of piperidine rings is 1. The molecule has 0 unspecified atom stereocenters. The number of hydrogen-bond acceptors (Lipinski definition) is 3. The topological polar surface area (TPSA) is 55.9 Å². The second kappa shape index (κ2) is 7.51. The highest BCUT2D eigenvalue weighted by Crippen LogP contribution is 2.22. The number of amides is 3. The van der Waals surface area contributed by atoms with E-state index in [1.165, 1.54) is 12.8 Å². The maximum Gasteiger partial charge on any atom is 0.317 e. The zero-order valence-corrected chi connectivity index (χ0v) is 14.3. The number of carbonyl (C=O) groups excluding carboxylic acids is 2. The summed E-state index contributed by atoms with van der Waals surface area (Å²) in [5.74, 6) is 0.405. The normalized spacial score (nSPS) is 24.9. The Morgan fingerprint density at radius 1 is 0.826 bits per heavy atom. The number of likely N-dealkylation sites (N-methyl/N-ethyl adjacent to an activating group) is 1. The maximum atomic E-state index is 12.6. The van der Waals surface area contributed by atoms with E-state index in [-0.39, 0.29) is 11.9 Å². The van der Waals surface area contributed by atoms with Gasteiger partial charge in [-0.2, -0.15) is 0 Å². The van der Waals surface area contributed by atoms with E-state index in [9.17, 15) is 9.59 Å². The van der Waals surface area contributed by atoms with E-state index in [4.69, 9.17) is 0 Å². The van der Waals surface area contributed by atoms with Crippen molar-refractivity contribution < 1.29 is 9.59 Å². The highest BCUT2D eigenvalue weighted by atomic mass is 16.2. The van der Waals surface area contributed by atoms with Crippen molar-refractivity contribution in [2.45, 2.75) is 44.6 Å². The molecule has 0 atom stereocenters. The van der Waals surface area contributed by atoms with Gasteiger partial charge in [0.05, 0.1) is 0 Å². The smallest absolute Gasteiger partial charge is 0.317 e. The number of carbonyl (C=O) groups is 2. The Morgan fingerprint density at radius 2 is 1.43 bits per heavy atom. The van der Waals surface area contributed by atoms with Crippen LogP contribution in [0.4, 0.5) is 4.79 Å². The number of nitrogens with zero attached hydrogens (tertiary/aromatic N) is 3. The summed E-state index contributed by atoms with van der Waals surface area (Å²) in [5.41, 5.74) is 0. The first-order chi connectivity index (χ1) is 11.1. The van der Waals surface area contributed by atoms with Gasteiger partial charge in [0.15, 0.2) is 0 Å². The molecule has 0 aromatic carbocycles. The lowest BCUT2D eigenvalue weighted by Gasteiger charge is -2.37. The van der Waals surface area contributed by atoms with Gasteiger partial charge in [-0.1, -0.05) is 12.8 Å². The molecule has 6 heteroatoms. The molecule has 0 radical (unpaired) electrons. The first-order valence-electron chi connectivity index (χ1n) is 9.16. The van der Waals surface area contributed by atoms with Crippen LogP contribution < -0.4 is 5.32 Å². The van der Waals surface area contributed by atoms with Crippen LogP contribution in [-0.4, -0.2) is 79.0 Å². The highest BCUT2D eigenvalue weighted by molar-refractivity contribution is 5.80. The average molecular weight is 322 g/mol. The van der Waals surface area contributed by atoms with Crippen molar-refractivity contribution in [3.8, 4) is 0 Å². The number of likely N-dealkylation sites (tertiary alicyclic amines) is 1. The lowest BCUT2D eigenvalue weighted by molar-refractivity contribution is -0.138. The van der Waals surface area contributed by atoms with Gasteiger partial charge >= 0.3 is 6.03 Å². The molecule has 23 heavy (non-hydrogen) atoms. The summed E-state index contributed by atoms with van der Waals surface area (Å²) in [4.78, 5) is 31.1. The van der Waals surface area contributed by atoms with Crippen molar-refractivity contribution >= 4 is 11.9 Å². The van der Waals surface area contributed by atoms with Crippen molar-refractivity contribution in [3.63, 3.8) is 0 Å². The highest BCUT2D eigenvalue weighted by Gasteiger charge is 2.31. The molecule has 2 saturated heterocycles. The first kappa shape index (κ1) is 16.6. The standard InChI is InChI=1S/C17H30N4O2/c1-19-10-12-20(13-11-19)16(22)14-6-8-21(9-7-14)17(23)18-15-4-2-3-5-15/h14-15H,2-13H2,1H3,(H,18,23). The molecule has 6 nitrogen and oxygen atoms in total. The second-order valence-electron chi connectivity index (χ2n) is 7.32. The Morgan fingerprint density at radius 3 is 2.04 bits per heavy atom. The molecule has 3 fully saturated rings. The third-order valence-electron chi connectivity index (χ3n) is 5.63. The third kappa shape index (κ3) is 4.16. The molecule has 1 N–H and O–H groups in total. The third-order valence-corrected chi connectivity index (χ3v) is 5.63. The first-order valence-corrected chi connectivity index (χ1v) is 9.16. The number of piperazine rings is 1. The van der Waals surface area contributed by atoms with Gasteiger partial charge in [0, 0.05) is 51.2 Å². The molecule has 2 aliphatic heterocycles. The summed E-state index contributed by atoms with van der Waals surface area (Å²) in [6.45, 7) is 5.05. The summed E-state index contributed by atoms with van der Waals surface area (Å²) in [7, 11) is 2.10. The van der Waals surface area contributed by atoms with Crippen LogP contribution in [0.15, 0.2) is 0 Å². The number of urea groups is 1. The van der Waals surface area contributed by atoms with E-state index in [0.29, 0.717) is 25.0 Å². The van der Waals surface area contributed by atoms with Gasteiger partial charge in [0.25, 0.3) is 0 Å². The van der Waals surface area contributed by atoms with E-state index in [1.54, 1.807) is 0 Å². The molecule has 0 aromatic heterocycles. The van der Waals surface area contributed by atoms with Gasteiger partial charge in [-0.15, -0.1) is 0 Å². The molecule has 130 valence electrons. The minimum atomic E-state index is 0.0717. The Labute approximate surface area is 139 Å². The van der Waals surface area contributed by atoms with E-state index >= 15 is 0 Å². The minimum absolute atomic E-state index is 0.0717. The van der Waals surface area contributed by atoms with Gasteiger partial charge in [0.1, 0.15) is 0 Å².